The van der Waals surface area contributed by atoms with Crippen molar-refractivity contribution >= 4 is 35.3 Å². The molecule has 156 valence electrons. The van der Waals surface area contributed by atoms with Crippen LogP contribution in [-0.4, -0.2) is 35.3 Å². The number of ketones is 3. The van der Waals surface area contributed by atoms with Crippen molar-refractivity contribution in [1.29, 1.82) is 0 Å². The summed E-state index contributed by atoms with van der Waals surface area (Å²) in [5.74, 6) is -4.61. The molecule has 0 amide bonds. The Kier molecular flexibility index (Phi) is 28.8. The normalized spacial score (nSPS) is 8.68. The predicted molar refractivity (Wildman–Crippen MR) is 88.6 cm³/mol. The molecule has 10 heteroatoms. The summed E-state index contributed by atoms with van der Waals surface area (Å²) in [6.45, 7) is 5.48. The van der Waals surface area contributed by atoms with Gasteiger partial charge in [-0.3, -0.25) is 14.4 Å². The standard InChI is InChI=1S/3C6H10O3.La/c3*1-2-3-5(7)4-6(8)9;/h3*2-4H2,1H3,(H,8,9);/q;;;+3/p-3. The summed E-state index contributed by atoms with van der Waals surface area (Å²) in [6, 6.07) is 0. The number of carbonyl (C=O) groups excluding carboxylic acids is 6. The maximum absolute atomic E-state index is 10.4. The maximum atomic E-state index is 10.4. The number of Topliss-reactive ketones (excluding diaryl/α,β-unsaturated/α-hetero) is 3. The molecule has 0 saturated carbocycles. The van der Waals surface area contributed by atoms with Crippen molar-refractivity contribution in [1.82, 2.24) is 0 Å². The smallest absolute Gasteiger partial charge is 0.550 e. The van der Waals surface area contributed by atoms with E-state index in [1.807, 2.05) is 20.8 Å². The van der Waals surface area contributed by atoms with Gasteiger partial charge in [-0.25, -0.2) is 0 Å². The Morgan fingerprint density at radius 3 is 0.786 bits per heavy atom. The van der Waals surface area contributed by atoms with Crippen LogP contribution in [0.3, 0.4) is 0 Å². The second-order valence-electron chi connectivity index (χ2n) is 5.51. The Bertz CT molecular complexity index is 430. The third-order valence-electron chi connectivity index (χ3n) is 2.61. The van der Waals surface area contributed by atoms with E-state index in [2.05, 4.69) is 0 Å². The van der Waals surface area contributed by atoms with Crippen LogP contribution in [0.4, 0.5) is 0 Å². The van der Waals surface area contributed by atoms with E-state index < -0.39 is 37.2 Å². The minimum Gasteiger partial charge on any atom is -0.550 e. The Morgan fingerprint density at radius 1 is 0.500 bits per heavy atom. The molecule has 0 aliphatic rings. The molecule has 0 aliphatic carbocycles. The van der Waals surface area contributed by atoms with E-state index in [1.165, 1.54) is 0 Å². The average molecular weight is 526 g/mol. The van der Waals surface area contributed by atoms with Crippen molar-refractivity contribution in [3.05, 3.63) is 0 Å². The fraction of sp³-hybridized carbons (Fsp3) is 0.667. The second kappa shape index (κ2) is 23.7. The molecule has 0 atom stereocenters. The van der Waals surface area contributed by atoms with Gasteiger partial charge in [-0.2, -0.15) is 0 Å². The zero-order chi connectivity index (χ0) is 21.8. The van der Waals surface area contributed by atoms with E-state index in [1.54, 1.807) is 0 Å². The van der Waals surface area contributed by atoms with Gasteiger partial charge < -0.3 is 29.7 Å². The largest absolute Gasteiger partial charge is 3.00 e. The molecule has 0 fully saturated rings. The molecule has 0 bridgehead atoms. The topological polar surface area (TPSA) is 172 Å². The van der Waals surface area contributed by atoms with Crippen LogP contribution in [-0.2, 0) is 28.8 Å². The molecule has 0 unspecified atom stereocenters. The van der Waals surface area contributed by atoms with Crippen LogP contribution in [0.15, 0.2) is 0 Å². The summed E-state index contributed by atoms with van der Waals surface area (Å²) < 4.78 is 0. The van der Waals surface area contributed by atoms with Gasteiger partial charge in [0.05, 0.1) is 0 Å². The summed E-state index contributed by atoms with van der Waals surface area (Å²) in [5.41, 5.74) is 0. The van der Waals surface area contributed by atoms with E-state index >= 15 is 0 Å². The maximum Gasteiger partial charge on any atom is 3.00 e. The predicted octanol–water partition coefficient (Wildman–Crippen LogP) is -1.51. The van der Waals surface area contributed by atoms with Gasteiger partial charge in [-0.1, -0.05) is 20.8 Å². The Labute approximate surface area is 192 Å². The van der Waals surface area contributed by atoms with Gasteiger partial charge in [0.25, 0.3) is 0 Å². The quantitative estimate of drug-likeness (QED) is 0.274. The minimum atomic E-state index is -1.28. The van der Waals surface area contributed by atoms with Crippen molar-refractivity contribution in [3.8, 4) is 0 Å². The zero-order valence-electron chi connectivity index (χ0n) is 16.6. The van der Waals surface area contributed by atoms with E-state index in [0.717, 1.165) is 0 Å². The van der Waals surface area contributed by atoms with E-state index in [-0.39, 0.29) is 52.9 Å². The van der Waals surface area contributed by atoms with Gasteiger partial charge in [0.1, 0.15) is 17.3 Å². The third kappa shape index (κ3) is 35.7. The number of carbonyl (C=O) groups is 6. The van der Waals surface area contributed by atoms with Crippen LogP contribution in [0.5, 0.6) is 0 Å². The summed E-state index contributed by atoms with van der Waals surface area (Å²) in [7, 11) is 0. The van der Waals surface area contributed by atoms with E-state index in [0.29, 0.717) is 38.5 Å². The fourth-order valence-electron chi connectivity index (χ4n) is 1.58. The van der Waals surface area contributed by atoms with Crippen LogP contribution in [0.25, 0.3) is 0 Å². The SMILES string of the molecule is CCCC(=O)CC(=O)[O-].CCCC(=O)CC(=O)[O-].CCCC(=O)CC(=O)[O-].[La+3]. The first-order valence-corrected chi connectivity index (χ1v) is 8.64. The molecule has 0 aliphatic heterocycles. The molecule has 0 saturated heterocycles. The van der Waals surface area contributed by atoms with Gasteiger partial charge >= 0.3 is 35.6 Å². The summed E-state index contributed by atoms with van der Waals surface area (Å²) in [4.78, 5) is 60.6. The Hall–Kier alpha value is -1.39. The van der Waals surface area contributed by atoms with E-state index in [9.17, 15) is 44.1 Å². The molecule has 0 heterocycles. The Morgan fingerprint density at radius 2 is 0.679 bits per heavy atom. The second-order valence-corrected chi connectivity index (χ2v) is 5.51. The molecule has 28 heavy (non-hydrogen) atoms. The summed E-state index contributed by atoms with van der Waals surface area (Å²) in [6.07, 6.45) is 1.82. The van der Waals surface area contributed by atoms with Crippen molar-refractivity contribution in [2.24, 2.45) is 0 Å². The third-order valence-corrected chi connectivity index (χ3v) is 2.61. The Balaban J connectivity index is -0.000000152. The number of carboxylic acids is 3. The van der Waals surface area contributed by atoms with Crippen molar-refractivity contribution in [2.75, 3.05) is 0 Å². The van der Waals surface area contributed by atoms with Gasteiger partial charge in [0.2, 0.25) is 0 Å². The summed E-state index contributed by atoms with van der Waals surface area (Å²) >= 11 is 0. The molecular formula is C18H27LaO9. The monoisotopic (exact) mass is 526 g/mol. The first-order chi connectivity index (χ1) is 12.5. The number of carboxylic acid groups (broad SMARTS) is 3. The van der Waals surface area contributed by atoms with Crippen molar-refractivity contribution in [2.45, 2.75) is 78.6 Å². The molecule has 0 rings (SSSR count). The minimum absolute atomic E-state index is 0. The van der Waals surface area contributed by atoms with Crippen molar-refractivity contribution < 1.29 is 79.7 Å². The molecule has 0 radical (unpaired) electrons. The van der Waals surface area contributed by atoms with Crippen LogP contribution in [0.1, 0.15) is 78.6 Å². The molecule has 0 spiro atoms. The van der Waals surface area contributed by atoms with Crippen molar-refractivity contribution in [3.63, 3.8) is 0 Å². The van der Waals surface area contributed by atoms with Gasteiger partial charge in [0, 0.05) is 56.4 Å². The molecule has 0 aromatic carbocycles. The number of hydrogen-bond acceptors (Lipinski definition) is 9. The van der Waals surface area contributed by atoms with Gasteiger partial charge in [0.15, 0.2) is 0 Å². The first-order valence-electron chi connectivity index (χ1n) is 8.64. The number of aliphatic carboxylic acids is 3. The van der Waals surface area contributed by atoms with Crippen LogP contribution < -0.4 is 15.3 Å². The van der Waals surface area contributed by atoms with E-state index in [4.69, 9.17) is 0 Å². The molecule has 0 aromatic rings. The number of rotatable bonds is 12. The molecule has 0 N–H and O–H groups in total. The molecule has 0 aromatic heterocycles. The van der Waals surface area contributed by atoms with Crippen LogP contribution in [0.2, 0.25) is 0 Å². The summed E-state index contributed by atoms with van der Waals surface area (Å²) in [5, 5.41) is 29.3. The zero-order valence-corrected chi connectivity index (χ0v) is 20.2. The van der Waals surface area contributed by atoms with Crippen LogP contribution in [0, 0.1) is 35.6 Å². The van der Waals surface area contributed by atoms with Crippen LogP contribution >= 0.6 is 0 Å². The van der Waals surface area contributed by atoms with Gasteiger partial charge in [-0.15, -0.1) is 0 Å². The molecule has 9 nitrogen and oxygen atoms in total. The number of hydrogen-bond donors (Lipinski definition) is 0. The molecular weight excluding hydrogens is 499 g/mol. The average Bonchev–Trinajstić information content (AvgIpc) is 2.46. The first kappa shape index (κ1) is 34.1. The van der Waals surface area contributed by atoms with Gasteiger partial charge in [-0.05, 0) is 19.3 Å². The fourth-order valence-corrected chi connectivity index (χ4v) is 1.58.